The first kappa shape index (κ1) is 13.7. The number of nitrogens with zero attached hydrogens (tertiary/aromatic N) is 5. The summed E-state index contributed by atoms with van der Waals surface area (Å²) in [5.74, 6) is 1.40. The van der Waals surface area contributed by atoms with E-state index in [4.69, 9.17) is 0 Å². The molecule has 0 radical (unpaired) electrons. The maximum absolute atomic E-state index is 4.64. The second-order valence-corrected chi connectivity index (χ2v) is 5.81. The molecule has 0 spiro atoms. The van der Waals surface area contributed by atoms with Crippen molar-refractivity contribution in [3.63, 3.8) is 0 Å². The van der Waals surface area contributed by atoms with Crippen LogP contribution in [-0.2, 0) is 0 Å². The molecule has 0 bridgehead atoms. The minimum atomic E-state index is 0.309. The molecule has 3 aromatic heterocycles. The van der Waals surface area contributed by atoms with Gasteiger partial charge in [0.15, 0.2) is 11.6 Å². The van der Waals surface area contributed by atoms with Crippen LogP contribution in [0.15, 0.2) is 30.6 Å². The first-order valence-corrected chi connectivity index (χ1v) is 7.54. The molecule has 1 aliphatic rings. The highest BCUT2D eigenvalue weighted by molar-refractivity contribution is 5.89. The van der Waals surface area contributed by atoms with Gasteiger partial charge in [-0.2, -0.15) is 10.2 Å². The molecule has 0 amide bonds. The van der Waals surface area contributed by atoms with E-state index in [1.807, 2.05) is 36.0 Å². The number of hydrogen-bond donors (Lipinski definition) is 2. The van der Waals surface area contributed by atoms with Crippen LogP contribution >= 0.6 is 0 Å². The van der Waals surface area contributed by atoms with Crippen LogP contribution in [0.5, 0.6) is 0 Å². The Morgan fingerprint density at radius 1 is 1.22 bits per heavy atom. The molecule has 0 saturated carbocycles. The van der Waals surface area contributed by atoms with Gasteiger partial charge in [0.2, 0.25) is 0 Å². The molecule has 0 unspecified atom stereocenters. The van der Waals surface area contributed by atoms with Gasteiger partial charge in [0.05, 0.1) is 23.8 Å². The first-order chi connectivity index (χ1) is 11.1. The van der Waals surface area contributed by atoms with Gasteiger partial charge in [-0.1, -0.05) is 18.2 Å². The summed E-state index contributed by atoms with van der Waals surface area (Å²) in [7, 11) is 0. The number of aromatic amines is 1. The third kappa shape index (κ3) is 2.21. The lowest BCUT2D eigenvalue weighted by Crippen LogP contribution is -2.06. The van der Waals surface area contributed by atoms with Crippen LogP contribution in [0, 0.1) is 6.92 Å². The number of H-pyrrole nitrogens is 1. The Bertz CT molecular complexity index is 943. The fraction of sp³-hybridized carbons (Fsp3) is 0.250. The van der Waals surface area contributed by atoms with E-state index in [-0.39, 0.29) is 0 Å². The Hall–Kier alpha value is -2.96. The summed E-state index contributed by atoms with van der Waals surface area (Å²) < 4.78 is 1.98. The standard InChI is InChI=1S/C16H17N7/c1-9(2)23-10(3)12(8-18-23)19-16-14-13(7-17-22-14)20-15(21-16)11-5-4-6-11/h4-9H,1-3H3,(H,17,22)(H,19,20,21). The second-order valence-electron chi connectivity index (χ2n) is 5.81. The van der Waals surface area contributed by atoms with Crippen molar-refractivity contribution in [1.29, 1.82) is 0 Å². The highest BCUT2D eigenvalue weighted by Gasteiger charge is 2.15. The van der Waals surface area contributed by atoms with E-state index < -0.39 is 0 Å². The number of hydrogen-bond acceptors (Lipinski definition) is 5. The van der Waals surface area contributed by atoms with Crippen LogP contribution < -0.4 is 5.32 Å². The number of aromatic nitrogens is 6. The van der Waals surface area contributed by atoms with Crippen LogP contribution in [0.2, 0.25) is 0 Å². The second kappa shape index (κ2) is 5.05. The Labute approximate surface area is 133 Å². The Morgan fingerprint density at radius 2 is 2.04 bits per heavy atom. The van der Waals surface area contributed by atoms with Crippen LogP contribution in [0.1, 0.15) is 31.4 Å². The van der Waals surface area contributed by atoms with Gasteiger partial charge in [-0.05, 0) is 20.8 Å². The molecule has 0 aromatic carbocycles. The van der Waals surface area contributed by atoms with E-state index in [0.717, 1.165) is 28.0 Å². The largest absolute Gasteiger partial charge is 0.336 e. The third-order valence-electron chi connectivity index (χ3n) is 3.90. The van der Waals surface area contributed by atoms with E-state index in [0.29, 0.717) is 17.7 Å². The van der Waals surface area contributed by atoms with Gasteiger partial charge in [-0.25, -0.2) is 9.97 Å². The first-order valence-electron chi connectivity index (χ1n) is 7.54. The minimum Gasteiger partial charge on any atom is -0.336 e. The lowest BCUT2D eigenvalue weighted by molar-refractivity contribution is 0.519. The molecule has 3 heterocycles. The van der Waals surface area contributed by atoms with Crippen molar-refractivity contribution in [2.45, 2.75) is 26.8 Å². The van der Waals surface area contributed by atoms with Crippen molar-refractivity contribution >= 4 is 28.1 Å². The van der Waals surface area contributed by atoms with Crippen LogP contribution in [-0.4, -0.2) is 29.9 Å². The normalized spacial score (nSPS) is 13.5. The molecule has 23 heavy (non-hydrogen) atoms. The third-order valence-corrected chi connectivity index (χ3v) is 3.90. The van der Waals surface area contributed by atoms with Gasteiger partial charge < -0.3 is 5.32 Å². The number of fused-ring (bicyclic) bond motifs is 1. The molecule has 0 fully saturated rings. The summed E-state index contributed by atoms with van der Waals surface area (Å²) in [6, 6.07) is 0.309. The maximum atomic E-state index is 4.64. The Morgan fingerprint density at radius 3 is 2.70 bits per heavy atom. The lowest BCUT2D eigenvalue weighted by atomic mass is 10.1. The molecule has 116 valence electrons. The van der Waals surface area contributed by atoms with Crippen molar-refractivity contribution in [2.75, 3.05) is 5.32 Å². The van der Waals surface area contributed by atoms with Gasteiger partial charge in [0.1, 0.15) is 11.0 Å². The molecule has 2 N–H and O–H groups in total. The smallest absolute Gasteiger partial charge is 0.162 e. The van der Waals surface area contributed by atoms with Crippen LogP contribution in [0.25, 0.3) is 16.6 Å². The summed E-state index contributed by atoms with van der Waals surface area (Å²) >= 11 is 0. The summed E-state index contributed by atoms with van der Waals surface area (Å²) in [5.41, 5.74) is 4.58. The quantitative estimate of drug-likeness (QED) is 0.773. The van der Waals surface area contributed by atoms with Crippen LogP contribution in [0.3, 0.4) is 0 Å². The SMILES string of the molecule is Cc1c(Nc2nc(C3=CC=C3)nc3cn[nH]c23)cnn1C(C)C. The number of nitrogens with one attached hydrogen (secondary N) is 2. The number of allylic oxidation sites excluding steroid dienone is 4. The average molecular weight is 307 g/mol. The summed E-state index contributed by atoms with van der Waals surface area (Å²) in [5, 5.41) is 14.8. The Balaban J connectivity index is 1.77. The summed E-state index contributed by atoms with van der Waals surface area (Å²) in [4.78, 5) is 9.17. The molecule has 0 aliphatic heterocycles. The van der Waals surface area contributed by atoms with Crippen molar-refractivity contribution in [1.82, 2.24) is 29.9 Å². The Kier molecular flexibility index (Phi) is 3.00. The lowest BCUT2D eigenvalue weighted by Gasteiger charge is -2.11. The van der Waals surface area contributed by atoms with Gasteiger partial charge in [-0.3, -0.25) is 9.78 Å². The van der Waals surface area contributed by atoms with Gasteiger partial charge in [0, 0.05) is 11.6 Å². The number of anilines is 2. The molecular weight excluding hydrogens is 290 g/mol. The van der Waals surface area contributed by atoms with Crippen molar-refractivity contribution in [3.05, 3.63) is 42.1 Å². The minimum absolute atomic E-state index is 0.309. The highest BCUT2D eigenvalue weighted by atomic mass is 15.3. The van der Waals surface area contributed by atoms with E-state index >= 15 is 0 Å². The van der Waals surface area contributed by atoms with Gasteiger partial charge in [0.25, 0.3) is 0 Å². The summed E-state index contributed by atoms with van der Waals surface area (Å²) in [6.45, 7) is 6.25. The molecule has 7 heteroatoms. The molecular formula is C16H17N7. The molecule has 7 nitrogen and oxygen atoms in total. The zero-order valence-corrected chi connectivity index (χ0v) is 13.2. The molecule has 0 atom stereocenters. The average Bonchev–Trinajstić information content (AvgIpc) is 3.04. The molecule has 3 aromatic rings. The van der Waals surface area contributed by atoms with Crippen molar-refractivity contribution in [2.24, 2.45) is 0 Å². The summed E-state index contributed by atoms with van der Waals surface area (Å²) in [6.07, 6.45) is 9.49. The van der Waals surface area contributed by atoms with E-state index in [1.54, 1.807) is 6.20 Å². The predicted molar refractivity (Wildman–Crippen MR) is 89.4 cm³/mol. The van der Waals surface area contributed by atoms with Gasteiger partial charge in [-0.15, -0.1) is 0 Å². The van der Waals surface area contributed by atoms with Crippen molar-refractivity contribution in [3.8, 4) is 0 Å². The maximum Gasteiger partial charge on any atom is 0.162 e. The monoisotopic (exact) mass is 307 g/mol. The predicted octanol–water partition coefficient (Wildman–Crippen LogP) is 3.14. The van der Waals surface area contributed by atoms with E-state index in [2.05, 4.69) is 44.4 Å². The zero-order chi connectivity index (χ0) is 16.0. The molecule has 4 rings (SSSR count). The number of rotatable bonds is 4. The fourth-order valence-electron chi connectivity index (χ4n) is 2.60. The van der Waals surface area contributed by atoms with E-state index in [9.17, 15) is 0 Å². The zero-order valence-electron chi connectivity index (χ0n) is 13.2. The topological polar surface area (TPSA) is 84.3 Å². The molecule has 1 aliphatic carbocycles. The highest BCUT2D eigenvalue weighted by Crippen LogP contribution is 2.28. The van der Waals surface area contributed by atoms with E-state index in [1.165, 1.54) is 0 Å². The van der Waals surface area contributed by atoms with Crippen molar-refractivity contribution < 1.29 is 0 Å². The molecule has 0 saturated heterocycles. The fourth-order valence-corrected chi connectivity index (χ4v) is 2.60. The van der Waals surface area contributed by atoms with Crippen LogP contribution in [0.4, 0.5) is 11.5 Å². The van der Waals surface area contributed by atoms with Gasteiger partial charge >= 0.3 is 0 Å².